The number of hydrogen-bond donors (Lipinski definition) is 0. The zero-order valence-electron chi connectivity index (χ0n) is 6.50. The lowest BCUT2D eigenvalue weighted by atomic mass is 10.3. The summed E-state index contributed by atoms with van der Waals surface area (Å²) in [4.78, 5) is 14.2. The molecule has 3 heteroatoms. The van der Waals surface area contributed by atoms with Crippen LogP contribution in [0.1, 0.15) is 18.5 Å². The quantitative estimate of drug-likeness (QED) is 0.476. The van der Waals surface area contributed by atoms with Gasteiger partial charge in [0, 0.05) is 6.92 Å². The van der Waals surface area contributed by atoms with E-state index in [1.54, 1.807) is 19.9 Å². The third-order valence-corrected chi connectivity index (χ3v) is 1.20. The molecule has 0 aromatic carbocycles. The highest BCUT2D eigenvalue weighted by atomic mass is 16.3. The summed E-state index contributed by atoms with van der Waals surface area (Å²) in [7, 11) is 0. The van der Waals surface area contributed by atoms with E-state index in [1.165, 1.54) is 6.26 Å². The van der Waals surface area contributed by atoms with Crippen molar-refractivity contribution < 1.29 is 9.21 Å². The average Bonchev–Trinajstić information content (AvgIpc) is 2.35. The number of carbonyl (C=O) groups excluding carboxylic acids is 1. The molecule has 3 nitrogen and oxygen atoms in total. The second-order valence-corrected chi connectivity index (χ2v) is 2.30. The number of hydrogen-bond acceptors (Lipinski definition) is 3. The Kier molecular flexibility index (Phi) is 2.21. The molecular weight excluding hydrogens is 142 g/mol. The normalized spacial score (nSPS) is 11.6. The molecule has 1 aromatic rings. The van der Waals surface area contributed by atoms with Crippen molar-refractivity contribution >= 4 is 12.4 Å². The van der Waals surface area contributed by atoms with E-state index in [2.05, 4.69) is 4.98 Å². The molecule has 1 rings (SSSR count). The van der Waals surface area contributed by atoms with Crippen molar-refractivity contribution in [2.24, 2.45) is 0 Å². The van der Waals surface area contributed by atoms with Gasteiger partial charge in [-0.05, 0) is 18.6 Å². The van der Waals surface area contributed by atoms with Crippen molar-refractivity contribution in [3.63, 3.8) is 0 Å². The topological polar surface area (TPSA) is 43.1 Å². The number of aldehydes is 1. The van der Waals surface area contributed by atoms with E-state index < -0.39 is 0 Å². The van der Waals surface area contributed by atoms with Crippen LogP contribution in [0.25, 0.3) is 6.08 Å². The second kappa shape index (κ2) is 3.14. The van der Waals surface area contributed by atoms with Gasteiger partial charge in [0.25, 0.3) is 0 Å². The number of nitrogens with zero attached hydrogens (tertiary/aromatic N) is 1. The third kappa shape index (κ3) is 2.04. The molecule has 0 radical (unpaired) electrons. The largest absolute Gasteiger partial charge is 0.449 e. The predicted molar refractivity (Wildman–Crippen MR) is 41.0 cm³/mol. The van der Waals surface area contributed by atoms with Gasteiger partial charge < -0.3 is 4.42 Å². The van der Waals surface area contributed by atoms with Gasteiger partial charge in [-0.3, -0.25) is 4.79 Å². The van der Waals surface area contributed by atoms with Gasteiger partial charge >= 0.3 is 0 Å². The molecule has 1 aromatic heterocycles. The van der Waals surface area contributed by atoms with Crippen LogP contribution in [0.3, 0.4) is 0 Å². The van der Waals surface area contributed by atoms with Gasteiger partial charge in [-0.2, -0.15) is 0 Å². The first-order valence-electron chi connectivity index (χ1n) is 3.28. The van der Waals surface area contributed by atoms with Gasteiger partial charge in [0.1, 0.15) is 18.2 Å². The molecule has 0 spiro atoms. The number of aromatic nitrogens is 1. The van der Waals surface area contributed by atoms with Crippen LogP contribution in [0, 0.1) is 6.92 Å². The third-order valence-electron chi connectivity index (χ3n) is 1.20. The number of carbonyl (C=O) groups is 1. The van der Waals surface area contributed by atoms with E-state index in [-0.39, 0.29) is 0 Å². The SMILES string of the molecule is C/C(C=O)=C\c1coc(C)n1. The number of oxazole rings is 1. The molecule has 0 unspecified atom stereocenters. The van der Waals surface area contributed by atoms with Crippen LogP contribution in [0.4, 0.5) is 0 Å². The summed E-state index contributed by atoms with van der Waals surface area (Å²) in [6.07, 6.45) is 3.97. The standard InChI is InChI=1S/C8H9NO2/c1-6(4-10)3-8-5-11-7(2)9-8/h3-5H,1-2H3/b6-3+. The van der Waals surface area contributed by atoms with Gasteiger partial charge in [0.15, 0.2) is 5.89 Å². The molecule has 0 aliphatic heterocycles. The molecule has 0 atom stereocenters. The number of allylic oxidation sites excluding steroid dienone is 1. The molecule has 0 aliphatic rings. The molecule has 0 amide bonds. The van der Waals surface area contributed by atoms with Crippen molar-refractivity contribution in [2.45, 2.75) is 13.8 Å². The van der Waals surface area contributed by atoms with Crippen molar-refractivity contribution in [1.82, 2.24) is 4.98 Å². The first-order chi connectivity index (χ1) is 5.22. The molecular formula is C8H9NO2. The molecule has 58 valence electrons. The predicted octanol–water partition coefficient (Wildman–Crippen LogP) is 1.59. The smallest absolute Gasteiger partial charge is 0.191 e. The fraction of sp³-hybridized carbons (Fsp3) is 0.250. The average molecular weight is 151 g/mol. The van der Waals surface area contributed by atoms with Crippen LogP contribution in [0.5, 0.6) is 0 Å². The van der Waals surface area contributed by atoms with E-state index in [1.807, 2.05) is 0 Å². The summed E-state index contributed by atoms with van der Waals surface area (Å²) in [5, 5.41) is 0. The van der Waals surface area contributed by atoms with Gasteiger partial charge in [-0.1, -0.05) is 0 Å². The Morgan fingerprint density at radius 1 is 1.73 bits per heavy atom. The van der Waals surface area contributed by atoms with Gasteiger partial charge in [0.2, 0.25) is 0 Å². The molecule has 1 heterocycles. The Hall–Kier alpha value is -1.38. The Morgan fingerprint density at radius 2 is 2.45 bits per heavy atom. The fourth-order valence-corrected chi connectivity index (χ4v) is 0.714. The molecule has 0 fully saturated rings. The van der Waals surface area contributed by atoms with Crippen molar-refractivity contribution in [1.29, 1.82) is 0 Å². The van der Waals surface area contributed by atoms with Gasteiger partial charge in [-0.25, -0.2) is 4.98 Å². The summed E-state index contributed by atoms with van der Waals surface area (Å²) < 4.78 is 4.94. The fourth-order valence-electron chi connectivity index (χ4n) is 0.714. The summed E-state index contributed by atoms with van der Waals surface area (Å²) >= 11 is 0. The Morgan fingerprint density at radius 3 is 2.91 bits per heavy atom. The number of rotatable bonds is 2. The maximum Gasteiger partial charge on any atom is 0.191 e. The monoisotopic (exact) mass is 151 g/mol. The minimum Gasteiger partial charge on any atom is -0.449 e. The Bertz CT molecular complexity index is 286. The number of aryl methyl sites for hydroxylation is 1. The second-order valence-electron chi connectivity index (χ2n) is 2.30. The van der Waals surface area contributed by atoms with Crippen LogP contribution in [-0.4, -0.2) is 11.3 Å². The summed E-state index contributed by atoms with van der Waals surface area (Å²) in [6.45, 7) is 3.48. The molecule has 0 N–H and O–H groups in total. The summed E-state index contributed by atoms with van der Waals surface area (Å²) in [5.74, 6) is 0.606. The molecule has 0 bridgehead atoms. The lowest BCUT2D eigenvalue weighted by Gasteiger charge is -1.82. The van der Waals surface area contributed by atoms with Crippen molar-refractivity contribution in [3.05, 3.63) is 23.4 Å². The zero-order chi connectivity index (χ0) is 8.27. The highest BCUT2D eigenvalue weighted by Gasteiger charge is 1.95. The molecule has 0 aliphatic carbocycles. The Labute approximate surface area is 64.7 Å². The molecule has 0 saturated carbocycles. The molecule has 11 heavy (non-hydrogen) atoms. The van der Waals surface area contributed by atoms with Crippen LogP contribution in [0.15, 0.2) is 16.3 Å². The van der Waals surface area contributed by atoms with Crippen LogP contribution in [0.2, 0.25) is 0 Å². The van der Waals surface area contributed by atoms with Crippen LogP contribution >= 0.6 is 0 Å². The zero-order valence-corrected chi connectivity index (χ0v) is 6.50. The maximum absolute atomic E-state index is 10.2. The highest BCUT2D eigenvalue weighted by molar-refractivity contribution is 5.79. The first kappa shape index (κ1) is 7.72. The lowest BCUT2D eigenvalue weighted by molar-refractivity contribution is -0.104. The van der Waals surface area contributed by atoms with E-state index in [0.717, 1.165) is 6.29 Å². The van der Waals surface area contributed by atoms with E-state index in [4.69, 9.17) is 4.42 Å². The minimum absolute atomic E-state index is 0.606. The van der Waals surface area contributed by atoms with Crippen molar-refractivity contribution in [3.8, 4) is 0 Å². The van der Waals surface area contributed by atoms with Crippen LogP contribution in [-0.2, 0) is 4.79 Å². The lowest BCUT2D eigenvalue weighted by Crippen LogP contribution is -1.77. The summed E-state index contributed by atoms with van der Waals surface area (Å²) in [6, 6.07) is 0. The molecule has 0 saturated heterocycles. The van der Waals surface area contributed by atoms with E-state index in [9.17, 15) is 4.79 Å². The highest BCUT2D eigenvalue weighted by Crippen LogP contribution is 2.04. The van der Waals surface area contributed by atoms with Gasteiger partial charge in [0.05, 0.1) is 0 Å². The van der Waals surface area contributed by atoms with E-state index in [0.29, 0.717) is 17.2 Å². The van der Waals surface area contributed by atoms with Gasteiger partial charge in [-0.15, -0.1) is 0 Å². The first-order valence-corrected chi connectivity index (χ1v) is 3.28. The Balaban J connectivity index is 2.86. The minimum atomic E-state index is 0.606. The summed E-state index contributed by atoms with van der Waals surface area (Å²) in [5.41, 5.74) is 1.32. The van der Waals surface area contributed by atoms with Crippen molar-refractivity contribution in [2.75, 3.05) is 0 Å². The van der Waals surface area contributed by atoms with E-state index >= 15 is 0 Å². The maximum atomic E-state index is 10.2. The van der Waals surface area contributed by atoms with Crippen LogP contribution < -0.4 is 0 Å².